The SMILES string of the molecule is COC(C)CNC(=O)N[C@H](CCSC)C(=O)O. The molecular formula is C10H20N2O4S. The van der Waals surface area contributed by atoms with Gasteiger partial charge in [-0.2, -0.15) is 11.8 Å². The Hall–Kier alpha value is -0.950. The zero-order valence-corrected chi connectivity index (χ0v) is 11.2. The van der Waals surface area contributed by atoms with Crippen molar-refractivity contribution in [1.29, 1.82) is 0 Å². The lowest BCUT2D eigenvalue weighted by atomic mass is 10.2. The minimum Gasteiger partial charge on any atom is -0.480 e. The molecule has 17 heavy (non-hydrogen) atoms. The van der Waals surface area contributed by atoms with Crippen LogP contribution in [0.3, 0.4) is 0 Å². The molecule has 0 spiro atoms. The Balaban J connectivity index is 3.99. The number of hydrogen-bond acceptors (Lipinski definition) is 4. The predicted molar refractivity (Wildman–Crippen MR) is 67.4 cm³/mol. The zero-order valence-electron chi connectivity index (χ0n) is 10.4. The van der Waals surface area contributed by atoms with Crippen LogP contribution in [0.15, 0.2) is 0 Å². The summed E-state index contributed by atoms with van der Waals surface area (Å²) in [5.74, 6) is -0.333. The summed E-state index contributed by atoms with van der Waals surface area (Å²) < 4.78 is 4.96. The van der Waals surface area contributed by atoms with E-state index in [4.69, 9.17) is 9.84 Å². The van der Waals surface area contributed by atoms with E-state index in [2.05, 4.69) is 10.6 Å². The second kappa shape index (κ2) is 9.12. The fraction of sp³-hybridized carbons (Fsp3) is 0.800. The quantitative estimate of drug-likeness (QED) is 0.595. The number of ether oxygens (including phenoxy) is 1. The normalized spacial score (nSPS) is 13.8. The monoisotopic (exact) mass is 264 g/mol. The standard InChI is InChI=1S/C10H20N2O4S/c1-7(16-2)6-11-10(15)12-8(9(13)14)4-5-17-3/h7-8H,4-6H2,1-3H3,(H,13,14)(H2,11,12,15)/t7?,8-/m1/s1. The van der Waals surface area contributed by atoms with Crippen LogP contribution in [0.1, 0.15) is 13.3 Å². The maximum Gasteiger partial charge on any atom is 0.326 e. The highest BCUT2D eigenvalue weighted by Gasteiger charge is 2.19. The van der Waals surface area contributed by atoms with Crippen molar-refractivity contribution in [2.45, 2.75) is 25.5 Å². The number of aliphatic carboxylic acids is 1. The van der Waals surface area contributed by atoms with Crippen molar-refractivity contribution in [2.75, 3.05) is 25.7 Å². The number of amides is 2. The Morgan fingerprint density at radius 3 is 2.59 bits per heavy atom. The molecule has 0 saturated carbocycles. The van der Waals surface area contributed by atoms with Crippen LogP contribution in [0.4, 0.5) is 4.79 Å². The number of methoxy groups -OCH3 is 1. The first kappa shape index (κ1) is 16.1. The van der Waals surface area contributed by atoms with Crippen molar-refractivity contribution >= 4 is 23.8 Å². The molecule has 7 heteroatoms. The van der Waals surface area contributed by atoms with Crippen molar-refractivity contribution in [3.8, 4) is 0 Å². The fourth-order valence-corrected chi connectivity index (χ4v) is 1.49. The highest BCUT2D eigenvalue weighted by Crippen LogP contribution is 2.00. The van der Waals surface area contributed by atoms with Gasteiger partial charge < -0.3 is 20.5 Å². The number of thioether (sulfide) groups is 1. The average Bonchev–Trinajstić information content (AvgIpc) is 2.30. The van der Waals surface area contributed by atoms with Crippen LogP contribution in [0.2, 0.25) is 0 Å². The largest absolute Gasteiger partial charge is 0.480 e. The third kappa shape index (κ3) is 7.87. The molecule has 0 aromatic rings. The Morgan fingerprint density at radius 1 is 1.47 bits per heavy atom. The maximum absolute atomic E-state index is 11.4. The summed E-state index contributed by atoms with van der Waals surface area (Å²) in [5, 5.41) is 13.9. The molecule has 0 aliphatic rings. The number of carbonyl (C=O) groups excluding carboxylic acids is 1. The molecule has 0 aromatic heterocycles. The molecule has 3 N–H and O–H groups in total. The highest BCUT2D eigenvalue weighted by molar-refractivity contribution is 7.98. The predicted octanol–water partition coefficient (Wildman–Crippen LogP) is 0.527. The number of carboxylic acids is 1. The van der Waals surface area contributed by atoms with Crippen LogP contribution in [0, 0.1) is 0 Å². The van der Waals surface area contributed by atoms with Crippen LogP contribution < -0.4 is 10.6 Å². The smallest absolute Gasteiger partial charge is 0.326 e. The summed E-state index contributed by atoms with van der Waals surface area (Å²) in [6.45, 7) is 2.15. The first-order valence-corrected chi connectivity index (χ1v) is 6.69. The van der Waals surface area contributed by atoms with Gasteiger partial charge in [0.2, 0.25) is 0 Å². The molecular weight excluding hydrogens is 244 g/mol. The summed E-state index contributed by atoms with van der Waals surface area (Å²) >= 11 is 1.54. The summed E-state index contributed by atoms with van der Waals surface area (Å²) in [5.41, 5.74) is 0. The highest BCUT2D eigenvalue weighted by atomic mass is 32.2. The van der Waals surface area contributed by atoms with Gasteiger partial charge in [-0.05, 0) is 25.4 Å². The van der Waals surface area contributed by atoms with E-state index in [1.54, 1.807) is 18.9 Å². The van der Waals surface area contributed by atoms with E-state index in [-0.39, 0.29) is 6.10 Å². The molecule has 0 heterocycles. The van der Waals surface area contributed by atoms with Gasteiger partial charge in [0.25, 0.3) is 0 Å². The molecule has 100 valence electrons. The maximum atomic E-state index is 11.4. The van der Waals surface area contributed by atoms with Gasteiger partial charge in [0.1, 0.15) is 6.04 Å². The van der Waals surface area contributed by atoms with E-state index in [1.807, 2.05) is 13.2 Å². The third-order valence-electron chi connectivity index (χ3n) is 2.17. The van der Waals surface area contributed by atoms with Crippen molar-refractivity contribution < 1.29 is 19.4 Å². The Morgan fingerprint density at radius 2 is 2.12 bits per heavy atom. The minimum absolute atomic E-state index is 0.102. The second-order valence-electron chi connectivity index (χ2n) is 3.57. The number of nitrogens with one attached hydrogen (secondary N) is 2. The van der Waals surface area contributed by atoms with Crippen LogP contribution >= 0.6 is 11.8 Å². The van der Waals surface area contributed by atoms with Gasteiger partial charge in [0, 0.05) is 13.7 Å². The molecule has 0 aromatic carbocycles. The van der Waals surface area contributed by atoms with Gasteiger partial charge in [-0.1, -0.05) is 0 Å². The van der Waals surface area contributed by atoms with E-state index in [9.17, 15) is 9.59 Å². The van der Waals surface area contributed by atoms with Gasteiger partial charge in [-0.25, -0.2) is 9.59 Å². The van der Waals surface area contributed by atoms with E-state index >= 15 is 0 Å². The van der Waals surface area contributed by atoms with Gasteiger partial charge in [0.15, 0.2) is 0 Å². The van der Waals surface area contributed by atoms with E-state index < -0.39 is 18.0 Å². The molecule has 0 bridgehead atoms. The van der Waals surface area contributed by atoms with E-state index in [0.29, 0.717) is 18.7 Å². The van der Waals surface area contributed by atoms with Crippen LogP contribution in [-0.2, 0) is 9.53 Å². The minimum atomic E-state index is -1.02. The molecule has 2 atom stereocenters. The van der Waals surface area contributed by atoms with Gasteiger partial charge in [0.05, 0.1) is 6.10 Å². The van der Waals surface area contributed by atoms with Gasteiger partial charge >= 0.3 is 12.0 Å². The molecule has 1 unspecified atom stereocenters. The Labute approximate surface area is 105 Å². The number of rotatable bonds is 8. The molecule has 2 amide bonds. The topological polar surface area (TPSA) is 87.7 Å². The first-order chi connectivity index (χ1) is 8.01. The molecule has 0 saturated heterocycles. The number of carbonyl (C=O) groups is 2. The lowest BCUT2D eigenvalue weighted by Gasteiger charge is -2.16. The molecule has 6 nitrogen and oxygen atoms in total. The Kier molecular flexibility index (Phi) is 8.61. The molecule has 0 aliphatic carbocycles. The van der Waals surface area contributed by atoms with E-state index in [1.165, 1.54) is 0 Å². The Bertz CT molecular complexity index is 250. The average molecular weight is 264 g/mol. The summed E-state index contributed by atoms with van der Waals surface area (Å²) in [4.78, 5) is 22.3. The molecule has 0 fully saturated rings. The van der Waals surface area contributed by atoms with E-state index in [0.717, 1.165) is 0 Å². The number of carboxylic acid groups (broad SMARTS) is 1. The number of urea groups is 1. The van der Waals surface area contributed by atoms with Crippen LogP contribution in [-0.4, -0.2) is 54.9 Å². The summed E-state index contributed by atoms with van der Waals surface area (Å²) in [6, 6.07) is -1.33. The van der Waals surface area contributed by atoms with Gasteiger partial charge in [-0.3, -0.25) is 0 Å². The fourth-order valence-electron chi connectivity index (χ4n) is 1.02. The number of hydrogen-bond donors (Lipinski definition) is 3. The first-order valence-electron chi connectivity index (χ1n) is 5.30. The van der Waals surface area contributed by atoms with Crippen LogP contribution in [0.25, 0.3) is 0 Å². The zero-order chi connectivity index (χ0) is 13.3. The van der Waals surface area contributed by atoms with Crippen molar-refractivity contribution in [3.05, 3.63) is 0 Å². The molecule has 0 radical (unpaired) electrons. The summed E-state index contributed by atoms with van der Waals surface area (Å²) in [7, 11) is 1.54. The third-order valence-corrected chi connectivity index (χ3v) is 2.81. The summed E-state index contributed by atoms with van der Waals surface area (Å²) in [6.07, 6.45) is 2.19. The lowest BCUT2D eigenvalue weighted by Crippen LogP contribution is -2.47. The van der Waals surface area contributed by atoms with Crippen LogP contribution in [0.5, 0.6) is 0 Å². The van der Waals surface area contributed by atoms with Crippen molar-refractivity contribution in [3.63, 3.8) is 0 Å². The molecule has 0 aliphatic heterocycles. The lowest BCUT2D eigenvalue weighted by molar-refractivity contribution is -0.139. The van der Waals surface area contributed by atoms with Crippen molar-refractivity contribution in [1.82, 2.24) is 10.6 Å². The second-order valence-corrected chi connectivity index (χ2v) is 4.56. The van der Waals surface area contributed by atoms with Gasteiger partial charge in [-0.15, -0.1) is 0 Å². The molecule has 0 rings (SSSR count). The van der Waals surface area contributed by atoms with Crippen molar-refractivity contribution in [2.24, 2.45) is 0 Å².